The third-order valence-corrected chi connectivity index (χ3v) is 2.26. The number of unbranched alkanes of at least 4 members (excludes halogenated alkanes) is 2. The maximum atomic E-state index is 8.83. The number of hydrogen-bond donors (Lipinski definition) is 1. The van der Waals surface area contributed by atoms with Crippen LogP contribution >= 0.6 is 38.5 Å². The molecular weight excluding hydrogens is 295 g/mol. The molecule has 0 aromatic rings. The molecule has 56 valence electrons. The molecule has 9 heavy (non-hydrogen) atoms. The summed E-state index contributed by atoms with van der Waals surface area (Å²) >= 11 is 5.39. The van der Waals surface area contributed by atoms with Crippen LogP contribution in [0.4, 0.5) is 0 Å². The van der Waals surface area contributed by atoms with E-state index in [1.54, 1.807) is 0 Å². The first-order valence-corrected chi connectivity index (χ1v) is 5.52. The molecule has 0 aromatic heterocycles. The summed E-state index contributed by atoms with van der Waals surface area (Å²) in [4.78, 5) is 0. The van der Waals surface area contributed by atoms with Crippen LogP contribution in [0.5, 0.6) is 0 Å². The molecule has 1 unspecified atom stereocenters. The van der Waals surface area contributed by atoms with Gasteiger partial charge in [-0.3, -0.25) is 0 Å². The van der Waals surface area contributed by atoms with Crippen LogP contribution < -0.4 is 0 Å². The van der Waals surface area contributed by atoms with Crippen molar-refractivity contribution in [1.29, 1.82) is 0 Å². The molecule has 0 aliphatic rings. The first-order chi connectivity index (χ1) is 4.27. The van der Waals surface area contributed by atoms with Gasteiger partial charge in [-0.15, -0.1) is 0 Å². The average Bonchev–Trinajstić information content (AvgIpc) is 1.80. The van der Waals surface area contributed by atoms with Gasteiger partial charge in [-0.05, 0) is 12.8 Å². The summed E-state index contributed by atoms with van der Waals surface area (Å²) in [6.07, 6.45) is 4.54. The molecule has 0 spiro atoms. The summed E-state index contributed by atoms with van der Waals surface area (Å²) in [5, 5.41) is 9.91. The van der Waals surface area contributed by atoms with E-state index in [9.17, 15) is 0 Å². The Kier molecular flexibility index (Phi) is 8.23. The zero-order valence-corrected chi connectivity index (χ0v) is 9.06. The fraction of sp³-hybridized carbons (Fsp3) is 1.00. The van der Waals surface area contributed by atoms with E-state index in [1.807, 2.05) is 22.6 Å². The first-order valence-electron chi connectivity index (χ1n) is 3.15. The molecule has 3 heteroatoms. The summed E-state index contributed by atoms with van der Waals surface area (Å²) in [6.45, 7) is 0. The minimum absolute atomic E-state index is 0.141. The van der Waals surface area contributed by atoms with Crippen molar-refractivity contribution in [3.05, 3.63) is 0 Å². The molecule has 0 aliphatic carbocycles. The number of halogens is 2. The monoisotopic (exact) mass is 306 g/mol. The van der Waals surface area contributed by atoms with E-state index in [-0.39, 0.29) is 4.11 Å². The molecule has 0 fully saturated rings. The Morgan fingerprint density at radius 1 is 1.33 bits per heavy atom. The molecule has 0 amide bonds. The van der Waals surface area contributed by atoms with Crippen LogP contribution in [0, 0.1) is 0 Å². The lowest BCUT2D eigenvalue weighted by atomic mass is 10.2. The molecule has 0 bridgehead atoms. The van der Waals surface area contributed by atoms with Crippen LogP contribution in [0.25, 0.3) is 0 Å². The molecule has 0 aromatic carbocycles. The Bertz CT molecular complexity index is 59.0. The quantitative estimate of drug-likeness (QED) is 0.470. The number of hydrogen-bond acceptors (Lipinski definition) is 1. The van der Waals surface area contributed by atoms with Gasteiger partial charge in [-0.25, -0.2) is 0 Å². The highest BCUT2D eigenvalue weighted by molar-refractivity contribution is 14.1. The lowest BCUT2D eigenvalue weighted by Gasteiger charge is -1.99. The lowest BCUT2D eigenvalue weighted by molar-refractivity contribution is 0.263. The van der Waals surface area contributed by atoms with E-state index in [4.69, 9.17) is 5.11 Å². The lowest BCUT2D eigenvalue weighted by Crippen LogP contribution is -1.93. The van der Waals surface area contributed by atoms with Crippen molar-refractivity contribution < 1.29 is 5.11 Å². The van der Waals surface area contributed by atoms with Crippen molar-refractivity contribution in [2.24, 2.45) is 0 Å². The fourth-order valence-electron chi connectivity index (χ4n) is 0.584. The van der Waals surface area contributed by atoms with E-state index in [1.165, 1.54) is 12.8 Å². The Labute approximate surface area is 78.5 Å². The maximum Gasteiger partial charge on any atom is 0.105 e. The van der Waals surface area contributed by atoms with E-state index in [0.717, 1.165) is 18.2 Å². The molecule has 1 nitrogen and oxygen atoms in total. The second-order valence-corrected chi connectivity index (χ2v) is 4.20. The topological polar surface area (TPSA) is 20.2 Å². The van der Waals surface area contributed by atoms with Crippen LogP contribution in [0.3, 0.4) is 0 Å². The van der Waals surface area contributed by atoms with Gasteiger partial charge in [0.1, 0.15) is 4.11 Å². The van der Waals surface area contributed by atoms with Crippen LogP contribution in [-0.2, 0) is 0 Å². The van der Waals surface area contributed by atoms with E-state index >= 15 is 0 Å². The highest BCUT2D eigenvalue weighted by Gasteiger charge is 1.95. The fourth-order valence-corrected chi connectivity index (χ4v) is 1.42. The second kappa shape index (κ2) is 7.28. The number of rotatable bonds is 5. The van der Waals surface area contributed by atoms with Crippen molar-refractivity contribution >= 4 is 38.5 Å². The molecule has 0 radical (unpaired) electrons. The predicted octanol–water partition coefficient (Wildman–Crippen LogP) is 2.70. The van der Waals surface area contributed by atoms with Crippen molar-refractivity contribution in [2.75, 3.05) is 5.33 Å². The molecule has 0 saturated carbocycles. The average molecular weight is 307 g/mol. The largest absolute Gasteiger partial charge is 0.383 e. The molecule has 1 N–H and O–H groups in total. The Morgan fingerprint density at radius 3 is 2.44 bits per heavy atom. The Balaban J connectivity index is 2.75. The molecular formula is C6H12BrIO. The van der Waals surface area contributed by atoms with E-state index < -0.39 is 0 Å². The number of aliphatic hydroxyl groups excluding tert-OH is 1. The van der Waals surface area contributed by atoms with E-state index in [0.29, 0.717) is 0 Å². The zero-order chi connectivity index (χ0) is 7.11. The summed E-state index contributed by atoms with van der Waals surface area (Å²) < 4.78 is -0.141. The predicted molar refractivity (Wildman–Crippen MR) is 52.3 cm³/mol. The summed E-state index contributed by atoms with van der Waals surface area (Å²) in [6, 6.07) is 0. The van der Waals surface area contributed by atoms with Crippen LogP contribution in [0.15, 0.2) is 0 Å². The van der Waals surface area contributed by atoms with Crippen molar-refractivity contribution in [1.82, 2.24) is 0 Å². The summed E-state index contributed by atoms with van der Waals surface area (Å²) in [7, 11) is 0. The highest BCUT2D eigenvalue weighted by atomic mass is 127. The zero-order valence-electron chi connectivity index (χ0n) is 5.32. The van der Waals surface area contributed by atoms with Gasteiger partial charge >= 0.3 is 0 Å². The van der Waals surface area contributed by atoms with Gasteiger partial charge in [0, 0.05) is 5.33 Å². The van der Waals surface area contributed by atoms with Gasteiger partial charge in [0.25, 0.3) is 0 Å². The van der Waals surface area contributed by atoms with Gasteiger partial charge in [-0.1, -0.05) is 51.4 Å². The summed E-state index contributed by atoms with van der Waals surface area (Å²) in [5.74, 6) is 0. The maximum absolute atomic E-state index is 8.83. The van der Waals surface area contributed by atoms with Gasteiger partial charge < -0.3 is 5.11 Å². The standard InChI is InChI=1S/C6H12BrIO/c7-5-3-1-2-4-6(8)9/h6,9H,1-5H2. The number of aliphatic hydroxyl groups is 1. The SMILES string of the molecule is OC(I)CCCCCBr. The number of alkyl halides is 2. The van der Waals surface area contributed by atoms with E-state index in [2.05, 4.69) is 15.9 Å². The Hall–Kier alpha value is 1.17. The normalized spacial score (nSPS) is 13.7. The molecule has 0 heterocycles. The van der Waals surface area contributed by atoms with Gasteiger partial charge in [0.2, 0.25) is 0 Å². The molecule has 1 atom stereocenters. The smallest absolute Gasteiger partial charge is 0.105 e. The van der Waals surface area contributed by atoms with Gasteiger partial charge in [0.15, 0.2) is 0 Å². The summed E-state index contributed by atoms with van der Waals surface area (Å²) in [5.41, 5.74) is 0. The van der Waals surface area contributed by atoms with Crippen molar-refractivity contribution in [3.63, 3.8) is 0 Å². The third-order valence-electron chi connectivity index (χ3n) is 1.08. The first kappa shape index (κ1) is 10.2. The van der Waals surface area contributed by atoms with Crippen LogP contribution in [-0.4, -0.2) is 14.5 Å². The molecule has 0 rings (SSSR count). The molecule has 0 aliphatic heterocycles. The minimum atomic E-state index is -0.141. The Morgan fingerprint density at radius 2 is 2.00 bits per heavy atom. The third kappa shape index (κ3) is 9.17. The second-order valence-electron chi connectivity index (χ2n) is 1.97. The van der Waals surface area contributed by atoms with Crippen LogP contribution in [0.2, 0.25) is 0 Å². The molecule has 0 saturated heterocycles. The van der Waals surface area contributed by atoms with Crippen LogP contribution in [0.1, 0.15) is 25.7 Å². The minimum Gasteiger partial charge on any atom is -0.383 e. The van der Waals surface area contributed by atoms with Gasteiger partial charge in [-0.2, -0.15) is 0 Å². The highest BCUT2D eigenvalue weighted by Crippen LogP contribution is 2.08. The van der Waals surface area contributed by atoms with Crippen molar-refractivity contribution in [3.8, 4) is 0 Å². The van der Waals surface area contributed by atoms with Gasteiger partial charge in [0.05, 0.1) is 0 Å². The van der Waals surface area contributed by atoms with Crippen molar-refractivity contribution in [2.45, 2.75) is 29.8 Å².